The lowest BCUT2D eigenvalue weighted by Gasteiger charge is -2.10. The molecule has 0 spiro atoms. The molecule has 4 rings (SSSR count). The number of carbonyl (C=O) groups is 2. The number of benzene rings is 3. The summed E-state index contributed by atoms with van der Waals surface area (Å²) in [6.07, 6.45) is 0. The molecule has 168 valence electrons. The van der Waals surface area contributed by atoms with Crippen molar-refractivity contribution in [3.63, 3.8) is 0 Å². The van der Waals surface area contributed by atoms with Gasteiger partial charge in [-0.25, -0.2) is 9.48 Å². The van der Waals surface area contributed by atoms with Crippen LogP contribution in [0.3, 0.4) is 0 Å². The first-order valence-corrected chi connectivity index (χ1v) is 10.4. The zero-order valence-corrected chi connectivity index (χ0v) is 18.0. The van der Waals surface area contributed by atoms with Crippen molar-refractivity contribution in [2.24, 2.45) is 0 Å². The van der Waals surface area contributed by atoms with Crippen LogP contribution < -0.4 is 10.1 Å². The number of nitrogens with one attached hydrogen (secondary N) is 1. The highest BCUT2D eigenvalue weighted by molar-refractivity contribution is 5.93. The second-order valence-corrected chi connectivity index (χ2v) is 7.13. The van der Waals surface area contributed by atoms with Gasteiger partial charge in [0.25, 0.3) is 5.91 Å². The molecule has 1 heterocycles. The van der Waals surface area contributed by atoms with Gasteiger partial charge in [0.2, 0.25) is 0 Å². The summed E-state index contributed by atoms with van der Waals surface area (Å²) in [5.41, 5.74) is 2.65. The standard InChI is InChI=1S/C26H20N4O4/c27-16-20-11-7-8-14-23(20)33-18-26(32)34-17-25(31)28-24-15-22(19-9-3-1-4-10-19)29-30(24)21-12-5-2-6-13-21/h1-15H,17-18H2,(H,28,31). The van der Waals surface area contributed by atoms with E-state index < -0.39 is 25.1 Å². The maximum atomic E-state index is 12.5. The molecule has 4 aromatic rings. The normalized spacial score (nSPS) is 10.2. The topological polar surface area (TPSA) is 106 Å². The fourth-order valence-corrected chi connectivity index (χ4v) is 3.17. The smallest absolute Gasteiger partial charge is 0.344 e. The second kappa shape index (κ2) is 10.6. The lowest BCUT2D eigenvalue weighted by Crippen LogP contribution is -2.24. The number of hydrogen-bond donors (Lipinski definition) is 1. The van der Waals surface area contributed by atoms with E-state index in [4.69, 9.17) is 14.7 Å². The minimum Gasteiger partial charge on any atom is -0.481 e. The number of hydrogen-bond acceptors (Lipinski definition) is 6. The van der Waals surface area contributed by atoms with Gasteiger partial charge in [-0.15, -0.1) is 0 Å². The van der Waals surface area contributed by atoms with Crippen molar-refractivity contribution in [2.45, 2.75) is 0 Å². The Morgan fingerprint density at radius 2 is 1.59 bits per heavy atom. The molecule has 0 aliphatic heterocycles. The second-order valence-electron chi connectivity index (χ2n) is 7.13. The van der Waals surface area contributed by atoms with Crippen LogP contribution in [0.1, 0.15) is 5.56 Å². The Morgan fingerprint density at radius 3 is 2.32 bits per heavy atom. The molecule has 0 unspecified atom stereocenters. The third-order valence-corrected chi connectivity index (χ3v) is 4.76. The van der Waals surface area contributed by atoms with Crippen molar-refractivity contribution < 1.29 is 19.1 Å². The summed E-state index contributed by atoms with van der Waals surface area (Å²) < 4.78 is 12.0. The first-order chi connectivity index (χ1) is 16.6. The average molecular weight is 452 g/mol. The SMILES string of the molecule is N#Cc1ccccc1OCC(=O)OCC(=O)Nc1cc(-c2ccccc2)nn1-c1ccccc1. The molecule has 0 fully saturated rings. The van der Waals surface area contributed by atoms with Crippen molar-refractivity contribution in [2.75, 3.05) is 18.5 Å². The van der Waals surface area contributed by atoms with Gasteiger partial charge < -0.3 is 14.8 Å². The Balaban J connectivity index is 1.41. The summed E-state index contributed by atoms with van der Waals surface area (Å²) in [6, 6.07) is 29.2. The van der Waals surface area contributed by atoms with E-state index in [9.17, 15) is 9.59 Å². The monoisotopic (exact) mass is 452 g/mol. The quantitative estimate of drug-likeness (QED) is 0.406. The third kappa shape index (κ3) is 5.47. The Kier molecular flexibility index (Phi) is 6.96. The zero-order chi connectivity index (χ0) is 23.8. The lowest BCUT2D eigenvalue weighted by molar-refractivity contribution is -0.149. The van der Waals surface area contributed by atoms with Crippen LogP contribution in [0, 0.1) is 11.3 Å². The molecular weight excluding hydrogens is 432 g/mol. The van der Waals surface area contributed by atoms with Gasteiger partial charge in [0.15, 0.2) is 13.2 Å². The molecule has 0 bridgehead atoms. The minimum absolute atomic E-state index is 0.270. The number of nitrogens with zero attached hydrogens (tertiary/aromatic N) is 3. The Hall–Kier alpha value is -4.90. The van der Waals surface area contributed by atoms with Crippen LogP contribution in [-0.4, -0.2) is 34.9 Å². The van der Waals surface area contributed by atoms with Crippen molar-refractivity contribution in [1.29, 1.82) is 5.26 Å². The summed E-state index contributed by atoms with van der Waals surface area (Å²) >= 11 is 0. The van der Waals surface area contributed by atoms with E-state index in [2.05, 4.69) is 10.4 Å². The molecule has 0 saturated heterocycles. The molecule has 3 aromatic carbocycles. The van der Waals surface area contributed by atoms with E-state index in [0.717, 1.165) is 11.3 Å². The van der Waals surface area contributed by atoms with E-state index >= 15 is 0 Å². The van der Waals surface area contributed by atoms with Gasteiger partial charge in [-0.2, -0.15) is 10.4 Å². The van der Waals surface area contributed by atoms with Crippen LogP contribution in [0.25, 0.3) is 16.9 Å². The van der Waals surface area contributed by atoms with Crippen molar-refractivity contribution in [3.05, 3.63) is 96.6 Å². The molecule has 8 nitrogen and oxygen atoms in total. The number of carbonyl (C=O) groups excluding carboxylic acids is 2. The van der Waals surface area contributed by atoms with Crippen molar-refractivity contribution in [1.82, 2.24) is 9.78 Å². The van der Waals surface area contributed by atoms with Gasteiger partial charge >= 0.3 is 5.97 Å². The van der Waals surface area contributed by atoms with Gasteiger partial charge in [0.1, 0.15) is 17.6 Å². The molecule has 0 radical (unpaired) electrons. The first-order valence-electron chi connectivity index (χ1n) is 10.4. The van der Waals surface area contributed by atoms with Crippen LogP contribution in [-0.2, 0) is 14.3 Å². The molecule has 0 aliphatic carbocycles. The van der Waals surface area contributed by atoms with Crippen LogP contribution in [0.2, 0.25) is 0 Å². The highest BCUT2D eigenvalue weighted by Crippen LogP contribution is 2.24. The number of anilines is 1. The highest BCUT2D eigenvalue weighted by atomic mass is 16.6. The van der Waals surface area contributed by atoms with Crippen LogP contribution in [0.5, 0.6) is 5.75 Å². The van der Waals surface area contributed by atoms with E-state index in [-0.39, 0.29) is 5.75 Å². The summed E-state index contributed by atoms with van der Waals surface area (Å²) in [5.74, 6) is -0.552. The molecule has 0 atom stereocenters. The molecule has 8 heteroatoms. The summed E-state index contributed by atoms with van der Waals surface area (Å²) in [7, 11) is 0. The first kappa shape index (κ1) is 22.3. The number of ether oxygens (including phenoxy) is 2. The summed E-state index contributed by atoms with van der Waals surface area (Å²) in [6.45, 7) is -0.922. The lowest BCUT2D eigenvalue weighted by atomic mass is 10.2. The van der Waals surface area contributed by atoms with E-state index in [1.54, 1.807) is 35.0 Å². The molecule has 0 saturated carbocycles. The molecule has 1 amide bonds. The maximum Gasteiger partial charge on any atom is 0.344 e. The average Bonchev–Trinajstić information content (AvgIpc) is 3.31. The molecule has 34 heavy (non-hydrogen) atoms. The Labute approximate surface area is 196 Å². The van der Waals surface area contributed by atoms with Gasteiger partial charge in [-0.1, -0.05) is 60.7 Å². The van der Waals surface area contributed by atoms with E-state index in [1.807, 2.05) is 66.7 Å². The third-order valence-electron chi connectivity index (χ3n) is 4.76. The molecular formula is C26H20N4O4. The number of esters is 1. The van der Waals surface area contributed by atoms with Gasteiger partial charge in [-0.3, -0.25) is 4.79 Å². The summed E-state index contributed by atoms with van der Waals surface area (Å²) in [4.78, 5) is 24.5. The number of rotatable bonds is 8. The number of amides is 1. The minimum atomic E-state index is -0.732. The maximum absolute atomic E-state index is 12.5. The predicted molar refractivity (Wildman–Crippen MR) is 125 cm³/mol. The predicted octanol–water partition coefficient (Wildman–Crippen LogP) is 3.97. The van der Waals surface area contributed by atoms with E-state index in [0.29, 0.717) is 17.1 Å². The Bertz CT molecular complexity index is 1330. The molecule has 1 N–H and O–H groups in total. The van der Waals surface area contributed by atoms with Crippen molar-refractivity contribution >= 4 is 17.7 Å². The number of para-hydroxylation sites is 2. The molecule has 0 aliphatic rings. The number of nitriles is 1. The fraction of sp³-hybridized carbons (Fsp3) is 0.0769. The van der Waals surface area contributed by atoms with Crippen LogP contribution in [0.15, 0.2) is 91.0 Å². The van der Waals surface area contributed by atoms with Gasteiger partial charge in [0, 0.05) is 11.6 Å². The van der Waals surface area contributed by atoms with Gasteiger partial charge in [-0.05, 0) is 24.3 Å². The Morgan fingerprint density at radius 1 is 0.912 bits per heavy atom. The largest absolute Gasteiger partial charge is 0.481 e. The van der Waals surface area contributed by atoms with Crippen molar-refractivity contribution in [3.8, 4) is 28.8 Å². The molecule has 1 aromatic heterocycles. The summed E-state index contributed by atoms with van der Waals surface area (Å²) in [5, 5.41) is 16.4. The fourth-order valence-electron chi connectivity index (χ4n) is 3.17. The van der Waals surface area contributed by atoms with Crippen LogP contribution in [0.4, 0.5) is 5.82 Å². The zero-order valence-electron chi connectivity index (χ0n) is 18.0. The van der Waals surface area contributed by atoms with Gasteiger partial charge in [0.05, 0.1) is 16.9 Å². The number of aromatic nitrogens is 2. The van der Waals surface area contributed by atoms with E-state index in [1.165, 1.54) is 0 Å². The van der Waals surface area contributed by atoms with Crippen LogP contribution >= 0.6 is 0 Å². The highest BCUT2D eigenvalue weighted by Gasteiger charge is 2.15.